The van der Waals surface area contributed by atoms with Gasteiger partial charge in [0.25, 0.3) is 0 Å². The van der Waals surface area contributed by atoms with Gasteiger partial charge in [0.1, 0.15) is 0 Å². The van der Waals surface area contributed by atoms with Gasteiger partial charge in [-0.25, -0.2) is 0 Å². The topological polar surface area (TPSA) is 75.3 Å². The van der Waals surface area contributed by atoms with Gasteiger partial charge in [-0.3, -0.25) is 4.79 Å². The van der Waals surface area contributed by atoms with Crippen LogP contribution in [0.15, 0.2) is 30.3 Å². The molecule has 0 fully saturated rings. The van der Waals surface area contributed by atoms with Crippen LogP contribution in [0.25, 0.3) is 0 Å². The average Bonchev–Trinajstić information content (AvgIpc) is 2.25. The number of nitrogens with one attached hydrogen (secondary N) is 1. The quantitative estimate of drug-likeness (QED) is 0.637. The lowest BCUT2D eigenvalue weighted by molar-refractivity contribution is -0.120. The largest absolute Gasteiger partial charge is 0.392 e. The SMILES string of the molecule is C[C@@H](O)CN[C@@H](Cc1ccccc1)C(N)=O. The van der Waals surface area contributed by atoms with Gasteiger partial charge in [0.2, 0.25) is 5.91 Å². The zero-order valence-corrected chi connectivity index (χ0v) is 9.39. The zero-order valence-electron chi connectivity index (χ0n) is 9.39. The number of hydrogen-bond donors (Lipinski definition) is 3. The van der Waals surface area contributed by atoms with Crippen molar-refractivity contribution in [2.75, 3.05) is 6.54 Å². The molecule has 0 spiro atoms. The van der Waals surface area contributed by atoms with E-state index in [-0.39, 0.29) is 0 Å². The molecule has 0 aliphatic carbocycles. The Hall–Kier alpha value is -1.39. The van der Waals surface area contributed by atoms with E-state index in [1.165, 1.54) is 0 Å². The van der Waals surface area contributed by atoms with E-state index in [4.69, 9.17) is 10.8 Å². The van der Waals surface area contributed by atoms with Crippen molar-refractivity contribution >= 4 is 5.91 Å². The van der Waals surface area contributed by atoms with Crippen LogP contribution in [-0.2, 0) is 11.2 Å². The molecule has 0 radical (unpaired) electrons. The van der Waals surface area contributed by atoms with Gasteiger partial charge in [0.05, 0.1) is 12.1 Å². The van der Waals surface area contributed by atoms with Crippen LogP contribution in [0.2, 0.25) is 0 Å². The van der Waals surface area contributed by atoms with Gasteiger partial charge < -0.3 is 16.2 Å². The van der Waals surface area contributed by atoms with Crippen LogP contribution in [0.1, 0.15) is 12.5 Å². The minimum absolute atomic E-state index is 0.362. The van der Waals surface area contributed by atoms with Crippen molar-refractivity contribution in [1.29, 1.82) is 0 Å². The molecular formula is C12H18N2O2. The number of aliphatic hydroxyl groups is 1. The lowest BCUT2D eigenvalue weighted by Crippen LogP contribution is -2.45. The Morgan fingerprint density at radius 3 is 2.56 bits per heavy atom. The molecule has 0 aliphatic heterocycles. The number of hydrogen-bond acceptors (Lipinski definition) is 3. The highest BCUT2D eigenvalue weighted by molar-refractivity contribution is 5.80. The summed E-state index contributed by atoms with van der Waals surface area (Å²) in [5.41, 5.74) is 6.33. The van der Waals surface area contributed by atoms with Gasteiger partial charge in [-0.15, -0.1) is 0 Å². The molecule has 0 bridgehead atoms. The van der Waals surface area contributed by atoms with Crippen LogP contribution in [0.4, 0.5) is 0 Å². The van der Waals surface area contributed by atoms with E-state index >= 15 is 0 Å². The van der Waals surface area contributed by atoms with E-state index in [0.29, 0.717) is 13.0 Å². The fourth-order valence-corrected chi connectivity index (χ4v) is 1.44. The third kappa shape index (κ3) is 4.42. The number of nitrogens with two attached hydrogens (primary N) is 1. The minimum Gasteiger partial charge on any atom is -0.392 e. The molecule has 16 heavy (non-hydrogen) atoms. The molecule has 1 aromatic rings. The molecule has 4 heteroatoms. The monoisotopic (exact) mass is 222 g/mol. The molecule has 4 N–H and O–H groups in total. The first-order valence-corrected chi connectivity index (χ1v) is 5.34. The summed E-state index contributed by atoms with van der Waals surface area (Å²) in [6.45, 7) is 2.02. The predicted molar refractivity (Wildman–Crippen MR) is 62.8 cm³/mol. The average molecular weight is 222 g/mol. The summed E-state index contributed by atoms with van der Waals surface area (Å²) in [5, 5.41) is 12.1. The lowest BCUT2D eigenvalue weighted by Gasteiger charge is -2.16. The van der Waals surface area contributed by atoms with Crippen LogP contribution in [0.5, 0.6) is 0 Å². The molecule has 4 nitrogen and oxygen atoms in total. The second-order valence-corrected chi connectivity index (χ2v) is 3.90. The Morgan fingerprint density at radius 1 is 1.44 bits per heavy atom. The van der Waals surface area contributed by atoms with Gasteiger partial charge in [-0.2, -0.15) is 0 Å². The first kappa shape index (κ1) is 12.7. The third-order valence-corrected chi connectivity index (χ3v) is 2.29. The van der Waals surface area contributed by atoms with E-state index in [0.717, 1.165) is 5.56 Å². The molecule has 88 valence electrons. The molecule has 0 aromatic heterocycles. The fourth-order valence-electron chi connectivity index (χ4n) is 1.44. The highest BCUT2D eigenvalue weighted by Gasteiger charge is 2.15. The summed E-state index contributed by atoms with van der Waals surface area (Å²) in [6, 6.07) is 9.22. The Bertz CT molecular complexity index is 325. The number of rotatable bonds is 6. The number of carbonyl (C=O) groups excluding carboxylic acids is 1. The molecule has 1 aromatic carbocycles. The van der Waals surface area contributed by atoms with Gasteiger partial charge in [0.15, 0.2) is 0 Å². The van der Waals surface area contributed by atoms with Crippen molar-refractivity contribution in [3.8, 4) is 0 Å². The van der Waals surface area contributed by atoms with Crippen molar-refractivity contribution in [1.82, 2.24) is 5.32 Å². The summed E-state index contributed by atoms with van der Waals surface area (Å²) in [7, 11) is 0. The molecular weight excluding hydrogens is 204 g/mol. The van der Waals surface area contributed by atoms with Crippen LogP contribution in [-0.4, -0.2) is 29.7 Å². The summed E-state index contributed by atoms with van der Waals surface area (Å²) in [6.07, 6.45) is 0.0562. The van der Waals surface area contributed by atoms with Crippen LogP contribution < -0.4 is 11.1 Å². The number of amides is 1. The third-order valence-electron chi connectivity index (χ3n) is 2.29. The van der Waals surface area contributed by atoms with Gasteiger partial charge in [-0.1, -0.05) is 30.3 Å². The van der Waals surface area contributed by atoms with Gasteiger partial charge in [-0.05, 0) is 18.9 Å². The van der Waals surface area contributed by atoms with Crippen molar-refractivity contribution in [3.63, 3.8) is 0 Å². The Balaban J connectivity index is 2.55. The Morgan fingerprint density at radius 2 is 2.06 bits per heavy atom. The van der Waals surface area contributed by atoms with Crippen LogP contribution in [0, 0.1) is 0 Å². The molecule has 0 heterocycles. The minimum atomic E-state index is -0.488. The second-order valence-electron chi connectivity index (χ2n) is 3.90. The van der Waals surface area contributed by atoms with E-state index in [2.05, 4.69) is 5.32 Å². The van der Waals surface area contributed by atoms with Gasteiger partial charge >= 0.3 is 0 Å². The molecule has 2 atom stereocenters. The first-order valence-electron chi connectivity index (χ1n) is 5.34. The standard InChI is InChI=1S/C12H18N2O2/c1-9(15)8-14-11(12(13)16)7-10-5-3-2-4-6-10/h2-6,9,11,14-15H,7-8H2,1H3,(H2,13,16)/t9-,11+/m1/s1. The van der Waals surface area contributed by atoms with E-state index < -0.39 is 18.1 Å². The Kier molecular flexibility index (Phi) is 4.95. The smallest absolute Gasteiger partial charge is 0.234 e. The number of benzene rings is 1. The van der Waals surface area contributed by atoms with E-state index in [1.54, 1.807) is 6.92 Å². The summed E-state index contributed by atoms with van der Waals surface area (Å²) >= 11 is 0. The summed E-state index contributed by atoms with van der Waals surface area (Å²) in [4.78, 5) is 11.2. The molecule has 1 amide bonds. The van der Waals surface area contributed by atoms with E-state index in [1.807, 2.05) is 30.3 Å². The second kappa shape index (κ2) is 6.25. The van der Waals surface area contributed by atoms with Crippen molar-refractivity contribution in [2.45, 2.75) is 25.5 Å². The van der Waals surface area contributed by atoms with Crippen molar-refractivity contribution < 1.29 is 9.90 Å². The van der Waals surface area contributed by atoms with E-state index in [9.17, 15) is 4.79 Å². The molecule has 0 saturated carbocycles. The maximum Gasteiger partial charge on any atom is 0.234 e. The number of carbonyl (C=O) groups is 1. The normalized spacial score (nSPS) is 14.4. The molecule has 0 saturated heterocycles. The molecule has 1 rings (SSSR count). The maximum absolute atomic E-state index is 11.2. The predicted octanol–water partition coefficient (Wildman–Crippen LogP) is 0.0534. The summed E-state index contributed by atoms with van der Waals surface area (Å²) in [5.74, 6) is -0.399. The maximum atomic E-state index is 11.2. The molecule has 0 unspecified atom stereocenters. The molecule has 0 aliphatic rings. The number of aliphatic hydroxyl groups excluding tert-OH is 1. The number of primary amides is 1. The highest BCUT2D eigenvalue weighted by Crippen LogP contribution is 2.02. The van der Waals surface area contributed by atoms with Crippen LogP contribution >= 0.6 is 0 Å². The van der Waals surface area contributed by atoms with Crippen LogP contribution in [0.3, 0.4) is 0 Å². The van der Waals surface area contributed by atoms with Gasteiger partial charge in [0, 0.05) is 6.54 Å². The fraction of sp³-hybridized carbons (Fsp3) is 0.417. The summed E-state index contributed by atoms with van der Waals surface area (Å²) < 4.78 is 0. The lowest BCUT2D eigenvalue weighted by atomic mass is 10.1. The highest BCUT2D eigenvalue weighted by atomic mass is 16.3. The Labute approximate surface area is 95.5 Å². The zero-order chi connectivity index (χ0) is 12.0. The van der Waals surface area contributed by atoms with Crippen molar-refractivity contribution in [3.05, 3.63) is 35.9 Å². The van der Waals surface area contributed by atoms with Crippen molar-refractivity contribution in [2.24, 2.45) is 5.73 Å². The first-order chi connectivity index (χ1) is 7.59.